The second kappa shape index (κ2) is 7.26. The summed E-state index contributed by atoms with van der Waals surface area (Å²) >= 11 is 0. The van der Waals surface area contributed by atoms with E-state index in [1.165, 1.54) is 37.7 Å². The lowest BCUT2D eigenvalue weighted by molar-refractivity contribution is 0.0857. The summed E-state index contributed by atoms with van der Waals surface area (Å²) in [6, 6.07) is 4.14. The molecule has 1 aromatic heterocycles. The standard InChI is InChI=1S/C18H30N2O/c1-5-15-8-6-7-9-16(15)21-17-12-14(10-11-19-17)13-20-18(2,3)4/h10-12,15-16,20H,5-9,13H2,1-4H3. The maximum Gasteiger partial charge on any atom is 0.213 e. The Balaban J connectivity index is 1.97. The highest BCUT2D eigenvalue weighted by Gasteiger charge is 2.25. The van der Waals surface area contributed by atoms with Gasteiger partial charge in [0.1, 0.15) is 6.10 Å². The highest BCUT2D eigenvalue weighted by molar-refractivity contribution is 5.21. The molecule has 3 nitrogen and oxygen atoms in total. The highest BCUT2D eigenvalue weighted by atomic mass is 16.5. The summed E-state index contributed by atoms with van der Waals surface area (Å²) in [5.41, 5.74) is 1.36. The smallest absolute Gasteiger partial charge is 0.213 e. The third-order valence-electron chi connectivity index (χ3n) is 4.26. The van der Waals surface area contributed by atoms with E-state index < -0.39 is 0 Å². The molecule has 0 spiro atoms. The molecule has 1 aromatic rings. The molecule has 0 aromatic carbocycles. The SMILES string of the molecule is CCC1CCCCC1Oc1cc(CNC(C)(C)C)ccn1. The van der Waals surface area contributed by atoms with Crippen LogP contribution in [0.2, 0.25) is 0 Å². The molecule has 1 aliphatic carbocycles. The van der Waals surface area contributed by atoms with E-state index in [1.54, 1.807) is 0 Å². The second-order valence-electron chi connectivity index (χ2n) is 7.21. The Kier molecular flexibility index (Phi) is 5.63. The van der Waals surface area contributed by atoms with Crippen LogP contribution in [0, 0.1) is 5.92 Å². The van der Waals surface area contributed by atoms with Gasteiger partial charge < -0.3 is 10.1 Å². The van der Waals surface area contributed by atoms with Crippen molar-refractivity contribution in [2.75, 3.05) is 0 Å². The average Bonchev–Trinajstić information content (AvgIpc) is 2.45. The lowest BCUT2D eigenvalue weighted by Crippen LogP contribution is -2.35. The van der Waals surface area contributed by atoms with Gasteiger partial charge in [-0.25, -0.2) is 4.98 Å². The minimum Gasteiger partial charge on any atom is -0.474 e. The maximum absolute atomic E-state index is 6.19. The van der Waals surface area contributed by atoms with Crippen molar-refractivity contribution in [3.8, 4) is 5.88 Å². The fraction of sp³-hybridized carbons (Fsp3) is 0.722. The summed E-state index contributed by atoms with van der Waals surface area (Å²) in [5, 5.41) is 3.51. The van der Waals surface area contributed by atoms with Gasteiger partial charge in [0.25, 0.3) is 0 Å². The van der Waals surface area contributed by atoms with E-state index in [-0.39, 0.29) is 5.54 Å². The fourth-order valence-corrected chi connectivity index (χ4v) is 2.94. The number of nitrogens with zero attached hydrogens (tertiary/aromatic N) is 1. The topological polar surface area (TPSA) is 34.1 Å². The quantitative estimate of drug-likeness (QED) is 0.877. The molecule has 1 N–H and O–H groups in total. The first kappa shape index (κ1) is 16.3. The lowest BCUT2D eigenvalue weighted by atomic mass is 9.85. The van der Waals surface area contributed by atoms with Crippen molar-refractivity contribution in [1.29, 1.82) is 0 Å². The number of hydrogen-bond donors (Lipinski definition) is 1. The molecule has 0 amide bonds. The zero-order valence-corrected chi connectivity index (χ0v) is 14.0. The van der Waals surface area contributed by atoms with E-state index in [0.717, 1.165) is 12.4 Å². The van der Waals surface area contributed by atoms with E-state index in [4.69, 9.17) is 4.74 Å². The summed E-state index contributed by atoms with van der Waals surface area (Å²) in [7, 11) is 0. The van der Waals surface area contributed by atoms with Gasteiger partial charge in [-0.05, 0) is 64.0 Å². The molecule has 2 rings (SSSR count). The maximum atomic E-state index is 6.19. The normalized spacial score (nSPS) is 23.0. The van der Waals surface area contributed by atoms with Crippen LogP contribution in [0.5, 0.6) is 5.88 Å². The Morgan fingerprint density at radius 3 is 2.76 bits per heavy atom. The van der Waals surface area contributed by atoms with Crippen LogP contribution in [0.25, 0.3) is 0 Å². The van der Waals surface area contributed by atoms with Gasteiger partial charge in [0.15, 0.2) is 0 Å². The molecule has 0 aliphatic heterocycles. The monoisotopic (exact) mass is 290 g/mol. The van der Waals surface area contributed by atoms with Crippen molar-refractivity contribution < 1.29 is 4.74 Å². The summed E-state index contributed by atoms with van der Waals surface area (Å²) in [5.74, 6) is 1.48. The summed E-state index contributed by atoms with van der Waals surface area (Å²) in [4.78, 5) is 4.40. The average molecular weight is 290 g/mol. The zero-order chi connectivity index (χ0) is 15.3. The molecular formula is C18H30N2O. The minimum atomic E-state index is 0.126. The van der Waals surface area contributed by atoms with Crippen LogP contribution in [0.1, 0.15) is 65.4 Å². The van der Waals surface area contributed by atoms with Gasteiger partial charge in [-0.1, -0.05) is 13.3 Å². The molecule has 21 heavy (non-hydrogen) atoms. The molecule has 118 valence electrons. The number of nitrogens with one attached hydrogen (secondary N) is 1. The molecule has 1 aliphatic rings. The number of hydrogen-bond acceptors (Lipinski definition) is 3. The first-order valence-corrected chi connectivity index (χ1v) is 8.34. The molecule has 0 saturated heterocycles. The lowest BCUT2D eigenvalue weighted by Gasteiger charge is -2.30. The van der Waals surface area contributed by atoms with Crippen molar-refractivity contribution in [1.82, 2.24) is 10.3 Å². The van der Waals surface area contributed by atoms with Gasteiger partial charge in [0.2, 0.25) is 5.88 Å². The molecule has 3 heteroatoms. The third kappa shape index (κ3) is 5.31. The van der Waals surface area contributed by atoms with Crippen molar-refractivity contribution in [3.05, 3.63) is 23.9 Å². The van der Waals surface area contributed by atoms with Crippen LogP contribution in [0.4, 0.5) is 0 Å². The van der Waals surface area contributed by atoms with Crippen LogP contribution >= 0.6 is 0 Å². The van der Waals surface area contributed by atoms with Crippen LogP contribution in [0.15, 0.2) is 18.3 Å². The molecule has 1 heterocycles. The molecular weight excluding hydrogens is 260 g/mol. The van der Waals surface area contributed by atoms with Gasteiger partial charge in [-0.3, -0.25) is 0 Å². The Hall–Kier alpha value is -1.09. The summed E-state index contributed by atoms with van der Waals surface area (Å²) < 4.78 is 6.19. The molecule has 2 unspecified atom stereocenters. The van der Waals surface area contributed by atoms with E-state index >= 15 is 0 Å². The summed E-state index contributed by atoms with van der Waals surface area (Å²) in [6.45, 7) is 9.66. The summed E-state index contributed by atoms with van der Waals surface area (Å²) in [6.07, 6.45) is 8.52. The van der Waals surface area contributed by atoms with Gasteiger partial charge >= 0.3 is 0 Å². The van der Waals surface area contributed by atoms with E-state index in [9.17, 15) is 0 Å². The van der Waals surface area contributed by atoms with E-state index in [1.807, 2.05) is 6.20 Å². The van der Waals surface area contributed by atoms with Crippen molar-refractivity contribution >= 4 is 0 Å². The number of aromatic nitrogens is 1. The van der Waals surface area contributed by atoms with Crippen molar-refractivity contribution in [3.63, 3.8) is 0 Å². The first-order valence-electron chi connectivity index (χ1n) is 8.34. The number of rotatable bonds is 5. The van der Waals surface area contributed by atoms with Gasteiger partial charge in [-0.2, -0.15) is 0 Å². The van der Waals surface area contributed by atoms with Crippen LogP contribution in [-0.4, -0.2) is 16.6 Å². The van der Waals surface area contributed by atoms with Crippen molar-refractivity contribution in [2.24, 2.45) is 5.92 Å². The minimum absolute atomic E-state index is 0.126. The molecule has 0 bridgehead atoms. The van der Waals surface area contributed by atoms with Crippen LogP contribution in [-0.2, 0) is 6.54 Å². The first-order chi connectivity index (χ1) is 9.98. The third-order valence-corrected chi connectivity index (χ3v) is 4.26. The molecule has 0 radical (unpaired) electrons. The number of ether oxygens (including phenoxy) is 1. The number of pyridine rings is 1. The van der Waals surface area contributed by atoms with Crippen LogP contribution in [0.3, 0.4) is 0 Å². The Morgan fingerprint density at radius 1 is 1.29 bits per heavy atom. The predicted molar refractivity (Wildman–Crippen MR) is 87.5 cm³/mol. The Bertz CT molecular complexity index is 439. The van der Waals surface area contributed by atoms with E-state index in [0.29, 0.717) is 12.0 Å². The van der Waals surface area contributed by atoms with Crippen molar-refractivity contribution in [2.45, 2.75) is 78.0 Å². The highest BCUT2D eigenvalue weighted by Crippen LogP contribution is 2.30. The molecule has 1 fully saturated rings. The van der Waals surface area contributed by atoms with Gasteiger partial charge in [0.05, 0.1) is 0 Å². The van der Waals surface area contributed by atoms with E-state index in [2.05, 4.69) is 50.1 Å². The zero-order valence-electron chi connectivity index (χ0n) is 14.0. The van der Waals surface area contributed by atoms with Gasteiger partial charge in [0, 0.05) is 24.3 Å². The molecule has 2 atom stereocenters. The second-order valence-corrected chi connectivity index (χ2v) is 7.21. The van der Waals surface area contributed by atoms with Crippen LogP contribution < -0.4 is 10.1 Å². The fourth-order valence-electron chi connectivity index (χ4n) is 2.94. The Labute approximate surface area is 129 Å². The Morgan fingerprint density at radius 2 is 2.05 bits per heavy atom. The molecule has 1 saturated carbocycles. The predicted octanol–water partition coefficient (Wildman–Crippen LogP) is 4.32. The van der Waals surface area contributed by atoms with Gasteiger partial charge in [-0.15, -0.1) is 0 Å². The largest absolute Gasteiger partial charge is 0.474 e.